The molecule has 0 fully saturated rings. The van der Waals surface area contributed by atoms with Gasteiger partial charge >= 0.3 is 0 Å². The molecule has 40 heavy (non-hydrogen) atoms. The number of para-hydroxylation sites is 1. The highest BCUT2D eigenvalue weighted by atomic mass is 16.5. The third-order valence-corrected chi connectivity index (χ3v) is 6.16. The van der Waals surface area contributed by atoms with Gasteiger partial charge in [0.05, 0.1) is 5.39 Å². The van der Waals surface area contributed by atoms with Crippen LogP contribution in [0, 0.1) is 0 Å². The highest BCUT2D eigenvalue weighted by Gasteiger charge is 2.16. The summed E-state index contributed by atoms with van der Waals surface area (Å²) in [6, 6.07) is 28.8. The molecule has 9 heteroatoms. The number of H-pyrrole nitrogens is 1. The molecule has 0 saturated carbocycles. The average molecular weight is 535 g/mol. The van der Waals surface area contributed by atoms with Crippen LogP contribution in [-0.4, -0.2) is 46.4 Å². The van der Waals surface area contributed by atoms with Crippen LogP contribution in [0.1, 0.15) is 23.0 Å². The molecule has 9 nitrogen and oxygen atoms in total. The summed E-state index contributed by atoms with van der Waals surface area (Å²) < 4.78 is 5.84. The number of aromatic nitrogens is 3. The van der Waals surface area contributed by atoms with Gasteiger partial charge in [0.15, 0.2) is 5.82 Å². The first-order valence-electron chi connectivity index (χ1n) is 13.1. The largest absolute Gasteiger partial charge is 0.457 e. The van der Waals surface area contributed by atoms with Crippen molar-refractivity contribution in [2.45, 2.75) is 13.3 Å². The second-order valence-corrected chi connectivity index (χ2v) is 9.18. The average Bonchev–Trinajstić information content (AvgIpc) is 3.42. The third kappa shape index (κ3) is 6.82. The van der Waals surface area contributed by atoms with Crippen LogP contribution in [-0.2, 0) is 11.2 Å². The Morgan fingerprint density at radius 2 is 1.50 bits per heavy atom. The molecular formula is C31H30N6O3. The quantitative estimate of drug-likeness (QED) is 0.178. The van der Waals surface area contributed by atoms with E-state index in [-0.39, 0.29) is 11.8 Å². The maximum Gasteiger partial charge on any atom is 0.267 e. The van der Waals surface area contributed by atoms with Crippen molar-refractivity contribution >= 4 is 28.7 Å². The van der Waals surface area contributed by atoms with Gasteiger partial charge in [-0.05, 0) is 42.3 Å². The summed E-state index contributed by atoms with van der Waals surface area (Å²) in [5, 5.41) is 9.69. The zero-order valence-electron chi connectivity index (χ0n) is 22.1. The number of rotatable bonds is 11. The molecule has 0 atom stereocenters. The van der Waals surface area contributed by atoms with E-state index in [0.29, 0.717) is 54.4 Å². The fourth-order valence-electron chi connectivity index (χ4n) is 4.17. The molecule has 0 aliphatic rings. The molecule has 3 aromatic carbocycles. The summed E-state index contributed by atoms with van der Waals surface area (Å²) in [5.74, 6) is 2.33. The van der Waals surface area contributed by atoms with Crippen LogP contribution in [0.15, 0.2) is 91.0 Å². The maximum absolute atomic E-state index is 13.0. The zero-order chi connectivity index (χ0) is 27.7. The van der Waals surface area contributed by atoms with E-state index in [1.54, 1.807) is 6.07 Å². The molecule has 0 saturated heterocycles. The van der Waals surface area contributed by atoms with Gasteiger partial charge in [0, 0.05) is 32.1 Å². The topological polar surface area (TPSA) is 121 Å². The van der Waals surface area contributed by atoms with Gasteiger partial charge in [-0.2, -0.15) is 0 Å². The van der Waals surface area contributed by atoms with E-state index < -0.39 is 0 Å². The Hall–Kier alpha value is -5.18. The molecule has 2 heterocycles. The minimum absolute atomic E-state index is 0.100. The number of benzene rings is 3. The standard InChI is InChI=1S/C31H30N6O3/c1-21(38)32-18-19-33-29-26-20-27(35-30(26)37-28(36-29)23-8-4-2-5-9-23)31(39)34-17-16-22-12-14-25(15-13-22)40-24-10-6-3-7-11-24/h2-15,20H,16-19H2,1H3,(H,32,38)(H,34,39)(H2,33,35,36,37). The molecule has 0 bridgehead atoms. The van der Waals surface area contributed by atoms with Gasteiger partial charge in [0.25, 0.3) is 5.91 Å². The predicted octanol–water partition coefficient (Wildman–Crippen LogP) is 4.94. The highest BCUT2D eigenvalue weighted by Crippen LogP contribution is 2.26. The number of amides is 2. The Morgan fingerprint density at radius 1 is 0.800 bits per heavy atom. The number of ether oxygens (including phenoxy) is 1. The minimum atomic E-state index is -0.229. The van der Waals surface area contributed by atoms with Crippen LogP contribution in [0.4, 0.5) is 5.82 Å². The van der Waals surface area contributed by atoms with Gasteiger partial charge in [0.2, 0.25) is 5.91 Å². The second-order valence-electron chi connectivity index (χ2n) is 9.18. The predicted molar refractivity (Wildman–Crippen MR) is 155 cm³/mol. The lowest BCUT2D eigenvalue weighted by Crippen LogP contribution is -2.26. The molecule has 2 aromatic heterocycles. The van der Waals surface area contributed by atoms with E-state index in [2.05, 4.69) is 25.9 Å². The number of hydrogen-bond donors (Lipinski definition) is 4. The van der Waals surface area contributed by atoms with Gasteiger partial charge in [-0.25, -0.2) is 9.97 Å². The molecule has 0 spiro atoms. The first-order chi connectivity index (χ1) is 19.5. The monoisotopic (exact) mass is 534 g/mol. The first kappa shape index (κ1) is 26.4. The van der Waals surface area contributed by atoms with E-state index in [1.165, 1.54) is 6.92 Å². The fourth-order valence-corrected chi connectivity index (χ4v) is 4.17. The van der Waals surface area contributed by atoms with Crippen molar-refractivity contribution in [1.82, 2.24) is 25.6 Å². The fraction of sp³-hybridized carbons (Fsp3) is 0.161. The molecule has 0 radical (unpaired) electrons. The summed E-state index contributed by atoms with van der Waals surface area (Å²) >= 11 is 0. The summed E-state index contributed by atoms with van der Waals surface area (Å²) in [5.41, 5.74) is 2.89. The molecule has 0 unspecified atom stereocenters. The van der Waals surface area contributed by atoms with Crippen molar-refractivity contribution in [3.8, 4) is 22.9 Å². The minimum Gasteiger partial charge on any atom is -0.457 e. The lowest BCUT2D eigenvalue weighted by Gasteiger charge is -2.09. The van der Waals surface area contributed by atoms with Gasteiger partial charge in [-0.15, -0.1) is 0 Å². The van der Waals surface area contributed by atoms with Gasteiger partial charge in [-0.3, -0.25) is 9.59 Å². The molecule has 5 rings (SSSR count). The Morgan fingerprint density at radius 3 is 2.23 bits per heavy atom. The van der Waals surface area contributed by atoms with Crippen molar-refractivity contribution in [3.63, 3.8) is 0 Å². The van der Waals surface area contributed by atoms with Crippen LogP contribution in [0.2, 0.25) is 0 Å². The number of nitrogens with one attached hydrogen (secondary N) is 4. The van der Waals surface area contributed by atoms with Crippen LogP contribution in [0.25, 0.3) is 22.4 Å². The van der Waals surface area contributed by atoms with Crippen molar-refractivity contribution in [2.24, 2.45) is 0 Å². The van der Waals surface area contributed by atoms with E-state index >= 15 is 0 Å². The molecule has 0 aliphatic carbocycles. The van der Waals surface area contributed by atoms with Crippen molar-refractivity contribution in [1.29, 1.82) is 0 Å². The summed E-state index contributed by atoms with van der Waals surface area (Å²) in [7, 11) is 0. The van der Waals surface area contributed by atoms with Crippen LogP contribution in [0.5, 0.6) is 11.5 Å². The Bertz CT molecular complexity index is 1580. The van der Waals surface area contributed by atoms with Gasteiger partial charge in [0.1, 0.15) is 28.7 Å². The van der Waals surface area contributed by atoms with Crippen LogP contribution < -0.4 is 20.7 Å². The second kappa shape index (κ2) is 12.6. The van der Waals surface area contributed by atoms with Crippen molar-refractivity contribution < 1.29 is 14.3 Å². The SMILES string of the molecule is CC(=O)NCCNc1nc(-c2ccccc2)nc2[nH]c(C(=O)NCCc3ccc(Oc4ccccc4)cc3)cc12. The maximum atomic E-state index is 13.0. The van der Waals surface area contributed by atoms with E-state index in [1.807, 2.05) is 84.9 Å². The number of anilines is 1. The Balaban J connectivity index is 1.25. The number of carbonyl (C=O) groups excluding carboxylic acids is 2. The number of nitrogens with zero attached hydrogens (tertiary/aromatic N) is 2. The number of hydrogen-bond acceptors (Lipinski definition) is 6. The van der Waals surface area contributed by atoms with Crippen LogP contribution >= 0.6 is 0 Å². The Labute approximate surface area is 232 Å². The summed E-state index contributed by atoms with van der Waals surface area (Å²) in [4.78, 5) is 36.7. The molecule has 5 aromatic rings. The first-order valence-corrected chi connectivity index (χ1v) is 13.1. The van der Waals surface area contributed by atoms with E-state index in [9.17, 15) is 9.59 Å². The summed E-state index contributed by atoms with van der Waals surface area (Å²) in [6.45, 7) is 2.86. The molecule has 4 N–H and O–H groups in total. The lowest BCUT2D eigenvalue weighted by atomic mass is 10.1. The highest BCUT2D eigenvalue weighted by molar-refractivity contribution is 6.00. The number of aromatic amines is 1. The van der Waals surface area contributed by atoms with E-state index in [0.717, 1.165) is 22.6 Å². The van der Waals surface area contributed by atoms with Crippen LogP contribution in [0.3, 0.4) is 0 Å². The zero-order valence-corrected chi connectivity index (χ0v) is 22.1. The Kier molecular flexibility index (Phi) is 8.31. The van der Waals surface area contributed by atoms with E-state index in [4.69, 9.17) is 9.72 Å². The van der Waals surface area contributed by atoms with Gasteiger partial charge in [-0.1, -0.05) is 60.7 Å². The molecule has 2 amide bonds. The lowest BCUT2D eigenvalue weighted by molar-refractivity contribution is -0.118. The molecule has 0 aliphatic heterocycles. The summed E-state index contributed by atoms with van der Waals surface area (Å²) in [6.07, 6.45) is 0.672. The molecular weight excluding hydrogens is 504 g/mol. The number of carbonyl (C=O) groups is 2. The normalized spacial score (nSPS) is 10.7. The van der Waals surface area contributed by atoms with Crippen molar-refractivity contribution in [2.75, 3.05) is 25.0 Å². The number of fused-ring (bicyclic) bond motifs is 1. The molecule has 202 valence electrons. The van der Waals surface area contributed by atoms with Crippen molar-refractivity contribution in [3.05, 3.63) is 102 Å². The van der Waals surface area contributed by atoms with Gasteiger partial charge < -0.3 is 25.7 Å². The smallest absolute Gasteiger partial charge is 0.267 e. The third-order valence-electron chi connectivity index (χ3n) is 6.16.